The Bertz CT molecular complexity index is 1130. The van der Waals surface area contributed by atoms with Crippen LogP contribution in [-0.2, 0) is 9.59 Å². The van der Waals surface area contributed by atoms with Crippen molar-refractivity contribution in [1.82, 2.24) is 0 Å². The van der Waals surface area contributed by atoms with E-state index in [0.29, 0.717) is 28.6 Å². The summed E-state index contributed by atoms with van der Waals surface area (Å²) in [5.41, 5.74) is 1.73. The number of nitro groups is 1. The summed E-state index contributed by atoms with van der Waals surface area (Å²) in [5.74, 6) is -1.25. The zero-order valence-corrected chi connectivity index (χ0v) is 14.9. The van der Waals surface area contributed by atoms with E-state index in [1.165, 1.54) is 12.1 Å². The zero-order chi connectivity index (χ0) is 20.3. The summed E-state index contributed by atoms with van der Waals surface area (Å²) < 4.78 is 0. The van der Waals surface area contributed by atoms with E-state index in [9.17, 15) is 24.8 Å². The number of hydrogen-bond acceptors (Lipinski definition) is 5. The fraction of sp³-hybridized carbons (Fsp3) is 0.0476. The zero-order valence-electron chi connectivity index (χ0n) is 14.9. The van der Waals surface area contributed by atoms with Crippen LogP contribution in [0.1, 0.15) is 11.1 Å². The molecule has 0 aliphatic heterocycles. The summed E-state index contributed by atoms with van der Waals surface area (Å²) >= 11 is 0. The van der Waals surface area contributed by atoms with Gasteiger partial charge in [0.05, 0.1) is 10.5 Å². The topological polar surface area (TPSA) is 110 Å². The van der Waals surface area contributed by atoms with E-state index < -0.39 is 10.9 Å². The van der Waals surface area contributed by atoms with Crippen LogP contribution in [0.15, 0.2) is 60.7 Å². The van der Waals surface area contributed by atoms with Gasteiger partial charge in [-0.15, -0.1) is 0 Å². The van der Waals surface area contributed by atoms with Gasteiger partial charge in [0.2, 0.25) is 0 Å². The lowest BCUT2D eigenvalue weighted by Gasteiger charge is -2.16. The summed E-state index contributed by atoms with van der Waals surface area (Å²) in [5, 5.41) is 25.3. The molecule has 0 heterocycles. The van der Waals surface area contributed by atoms with E-state index >= 15 is 0 Å². The molecule has 7 nitrogen and oxygen atoms in total. The van der Waals surface area contributed by atoms with Crippen LogP contribution in [0.3, 0.4) is 0 Å². The number of allylic oxidation sites excluding steroid dienone is 1. The number of carbonyl (C=O) groups is 2. The number of aliphatic carboxylic acids is 1. The van der Waals surface area contributed by atoms with Crippen LogP contribution in [0.4, 0.5) is 17.1 Å². The molecule has 0 saturated heterocycles. The maximum Gasteiger partial charge on any atom is 0.336 e. The standard InChI is InChI=1S/C21H16N2O5/c1-13-6-8-15(23(27)28)12-19(13)22-18-9-7-14-4-2-3-5-16(14)20(18)17(10-11-24)21(25)26/h2-12,22H,1H3,(H,25,26). The van der Waals surface area contributed by atoms with Crippen molar-refractivity contribution in [2.24, 2.45) is 0 Å². The number of hydrogen-bond donors (Lipinski definition) is 2. The Morgan fingerprint density at radius 1 is 1.11 bits per heavy atom. The van der Waals surface area contributed by atoms with Gasteiger partial charge in [0, 0.05) is 29.1 Å². The molecule has 2 N–H and O–H groups in total. The SMILES string of the molecule is Cc1ccc([N+](=O)[O-])cc1Nc1ccc2ccccc2c1C(=CC=O)C(=O)O. The number of benzene rings is 3. The lowest BCUT2D eigenvalue weighted by Crippen LogP contribution is -2.05. The Morgan fingerprint density at radius 3 is 2.54 bits per heavy atom. The van der Waals surface area contributed by atoms with Crippen LogP contribution in [0, 0.1) is 17.0 Å². The molecule has 0 bridgehead atoms. The average molecular weight is 376 g/mol. The van der Waals surface area contributed by atoms with Crippen molar-refractivity contribution < 1.29 is 19.6 Å². The second-order valence-corrected chi connectivity index (χ2v) is 6.11. The van der Waals surface area contributed by atoms with Gasteiger partial charge in [0.15, 0.2) is 0 Å². The highest BCUT2D eigenvalue weighted by Gasteiger charge is 2.19. The molecule has 3 aromatic carbocycles. The third kappa shape index (κ3) is 3.59. The van der Waals surface area contributed by atoms with Crippen LogP contribution < -0.4 is 5.32 Å². The number of rotatable bonds is 6. The van der Waals surface area contributed by atoms with Crippen molar-refractivity contribution in [3.63, 3.8) is 0 Å². The Kier molecular flexibility index (Phi) is 5.17. The third-order valence-corrected chi connectivity index (χ3v) is 4.36. The molecule has 0 unspecified atom stereocenters. The molecule has 0 radical (unpaired) electrons. The molecule has 0 aromatic heterocycles. The number of nitro benzene ring substituents is 1. The normalized spacial score (nSPS) is 11.2. The number of carboxylic acids is 1. The van der Waals surface area contributed by atoms with E-state index in [1.807, 2.05) is 18.2 Å². The minimum atomic E-state index is -1.25. The quantitative estimate of drug-likeness (QED) is 0.284. The molecule has 3 rings (SSSR count). The summed E-state index contributed by atoms with van der Waals surface area (Å²) in [4.78, 5) is 33.4. The first-order chi connectivity index (χ1) is 13.4. The number of carbonyl (C=O) groups excluding carboxylic acids is 1. The monoisotopic (exact) mass is 376 g/mol. The first kappa shape index (κ1) is 18.8. The summed E-state index contributed by atoms with van der Waals surface area (Å²) in [7, 11) is 0. The lowest BCUT2D eigenvalue weighted by atomic mass is 9.95. The lowest BCUT2D eigenvalue weighted by molar-refractivity contribution is -0.384. The molecule has 0 aliphatic carbocycles. The predicted octanol–water partition coefficient (Wildman–Crippen LogP) is 4.47. The van der Waals surface area contributed by atoms with Gasteiger partial charge in [0.25, 0.3) is 5.69 Å². The van der Waals surface area contributed by atoms with Gasteiger partial charge in [-0.25, -0.2) is 4.79 Å². The van der Waals surface area contributed by atoms with Crippen LogP contribution in [-0.4, -0.2) is 22.3 Å². The van der Waals surface area contributed by atoms with E-state index in [-0.39, 0.29) is 11.3 Å². The number of fused-ring (bicyclic) bond motifs is 1. The van der Waals surface area contributed by atoms with Crippen molar-refractivity contribution in [3.8, 4) is 0 Å². The number of aldehydes is 1. The molecule has 0 amide bonds. The Balaban J connectivity index is 2.25. The molecule has 140 valence electrons. The van der Waals surface area contributed by atoms with Crippen LogP contribution >= 0.6 is 0 Å². The summed E-state index contributed by atoms with van der Waals surface area (Å²) in [6, 6.07) is 15.1. The second kappa shape index (κ2) is 7.71. The second-order valence-electron chi connectivity index (χ2n) is 6.11. The molecule has 0 atom stereocenters. The number of anilines is 2. The van der Waals surface area contributed by atoms with Crippen LogP contribution in [0.25, 0.3) is 16.3 Å². The van der Waals surface area contributed by atoms with E-state index in [1.54, 1.807) is 31.2 Å². The molecule has 0 aliphatic rings. The van der Waals surface area contributed by atoms with Crippen molar-refractivity contribution in [2.75, 3.05) is 5.32 Å². The minimum Gasteiger partial charge on any atom is -0.478 e. The van der Waals surface area contributed by atoms with Crippen molar-refractivity contribution in [2.45, 2.75) is 6.92 Å². The maximum absolute atomic E-state index is 11.8. The highest BCUT2D eigenvalue weighted by molar-refractivity contribution is 6.23. The van der Waals surface area contributed by atoms with Gasteiger partial charge in [-0.05, 0) is 35.4 Å². The smallest absolute Gasteiger partial charge is 0.336 e. The number of aryl methyl sites for hydroxylation is 1. The Morgan fingerprint density at radius 2 is 1.86 bits per heavy atom. The van der Waals surface area contributed by atoms with Crippen molar-refractivity contribution in [1.29, 1.82) is 0 Å². The molecule has 0 fully saturated rings. The van der Waals surface area contributed by atoms with Crippen LogP contribution in [0.2, 0.25) is 0 Å². The minimum absolute atomic E-state index is 0.0858. The van der Waals surface area contributed by atoms with E-state index in [2.05, 4.69) is 5.32 Å². The van der Waals surface area contributed by atoms with Crippen molar-refractivity contribution in [3.05, 3.63) is 81.9 Å². The number of non-ortho nitro benzene ring substituents is 1. The fourth-order valence-electron chi connectivity index (χ4n) is 3.00. The van der Waals surface area contributed by atoms with Gasteiger partial charge in [-0.1, -0.05) is 36.4 Å². The number of nitrogens with zero attached hydrogens (tertiary/aromatic N) is 1. The number of carboxylic acid groups (broad SMARTS) is 1. The predicted molar refractivity (Wildman–Crippen MR) is 107 cm³/mol. The summed E-state index contributed by atoms with van der Waals surface area (Å²) in [6.07, 6.45) is 1.42. The average Bonchev–Trinajstić information content (AvgIpc) is 2.67. The molecule has 0 spiro atoms. The summed E-state index contributed by atoms with van der Waals surface area (Å²) in [6.45, 7) is 1.78. The van der Waals surface area contributed by atoms with Gasteiger partial charge >= 0.3 is 5.97 Å². The number of nitrogens with one attached hydrogen (secondary N) is 1. The fourth-order valence-corrected chi connectivity index (χ4v) is 3.00. The molecule has 0 saturated carbocycles. The first-order valence-corrected chi connectivity index (χ1v) is 8.35. The maximum atomic E-state index is 11.8. The van der Waals surface area contributed by atoms with Gasteiger partial charge in [0.1, 0.15) is 6.29 Å². The third-order valence-electron chi connectivity index (χ3n) is 4.36. The van der Waals surface area contributed by atoms with Crippen LogP contribution in [0.5, 0.6) is 0 Å². The molecular weight excluding hydrogens is 360 g/mol. The highest BCUT2D eigenvalue weighted by atomic mass is 16.6. The Hall–Kier alpha value is -4.00. The van der Waals surface area contributed by atoms with Gasteiger partial charge in [-0.3, -0.25) is 14.9 Å². The largest absolute Gasteiger partial charge is 0.478 e. The van der Waals surface area contributed by atoms with Gasteiger partial charge < -0.3 is 10.4 Å². The van der Waals surface area contributed by atoms with Crippen molar-refractivity contribution >= 4 is 45.7 Å². The molecule has 7 heteroatoms. The Labute approximate surface area is 160 Å². The van der Waals surface area contributed by atoms with E-state index in [0.717, 1.165) is 17.0 Å². The molecular formula is C21H16N2O5. The first-order valence-electron chi connectivity index (χ1n) is 8.35. The molecule has 3 aromatic rings. The molecule has 28 heavy (non-hydrogen) atoms. The highest BCUT2D eigenvalue weighted by Crippen LogP contribution is 2.35. The van der Waals surface area contributed by atoms with Gasteiger partial charge in [-0.2, -0.15) is 0 Å². The van der Waals surface area contributed by atoms with E-state index in [4.69, 9.17) is 0 Å².